The number of esters is 1. The van der Waals surface area contributed by atoms with Crippen molar-refractivity contribution in [2.75, 3.05) is 44.2 Å². The second-order valence-electron chi connectivity index (χ2n) is 23.3. The number of benzene rings is 4. The molecule has 1 N–H and O–H groups in total. The van der Waals surface area contributed by atoms with E-state index in [1.54, 1.807) is 38.7 Å². The molecule has 0 spiro atoms. The van der Waals surface area contributed by atoms with E-state index in [1.165, 1.54) is 29.4 Å². The number of aliphatic hydroxyl groups is 1. The fourth-order valence-electron chi connectivity index (χ4n) is 11.0. The van der Waals surface area contributed by atoms with E-state index in [1.807, 2.05) is 46.2 Å². The molecule has 0 aliphatic heterocycles. The van der Waals surface area contributed by atoms with E-state index in [2.05, 4.69) is 96.8 Å². The van der Waals surface area contributed by atoms with Gasteiger partial charge in [0, 0.05) is 49.1 Å². The molecule has 74 heavy (non-hydrogen) atoms. The van der Waals surface area contributed by atoms with Crippen molar-refractivity contribution in [3.63, 3.8) is 0 Å². The molecular formula is C63H80N4O7. The Morgan fingerprint density at radius 2 is 1.00 bits per heavy atom. The number of anilines is 2. The van der Waals surface area contributed by atoms with Crippen molar-refractivity contribution in [1.82, 2.24) is 9.97 Å². The molecule has 0 saturated heterocycles. The maximum absolute atomic E-state index is 13.7. The van der Waals surface area contributed by atoms with E-state index in [9.17, 15) is 19.5 Å². The van der Waals surface area contributed by atoms with Gasteiger partial charge >= 0.3 is 5.97 Å². The first-order chi connectivity index (χ1) is 35.3. The number of amides is 2. The number of methoxy groups -OCH3 is 3. The van der Waals surface area contributed by atoms with Crippen LogP contribution in [-0.4, -0.2) is 67.3 Å². The molecule has 6 aromatic rings. The Balaban J connectivity index is 0.000000217. The van der Waals surface area contributed by atoms with Crippen LogP contribution in [0.2, 0.25) is 0 Å². The average Bonchev–Trinajstić information content (AvgIpc) is 3.38. The third-order valence-electron chi connectivity index (χ3n) is 15.0. The number of rotatable bonds is 14. The lowest BCUT2D eigenvalue weighted by Gasteiger charge is -2.34. The zero-order chi connectivity index (χ0) is 53.3. The average molecular weight is 1010 g/mol. The van der Waals surface area contributed by atoms with Gasteiger partial charge in [0.2, 0.25) is 11.8 Å². The molecular weight excluding hydrogens is 925 g/mol. The summed E-state index contributed by atoms with van der Waals surface area (Å²) in [6, 6.07) is 28.2. The van der Waals surface area contributed by atoms with Crippen LogP contribution < -0.4 is 19.3 Å². The van der Waals surface area contributed by atoms with Crippen LogP contribution in [0.3, 0.4) is 0 Å². The summed E-state index contributed by atoms with van der Waals surface area (Å²) in [5, 5.41) is 13.3. The van der Waals surface area contributed by atoms with Crippen molar-refractivity contribution in [3.05, 3.63) is 131 Å². The highest BCUT2D eigenvalue weighted by atomic mass is 16.5. The van der Waals surface area contributed by atoms with Gasteiger partial charge in [-0.15, -0.1) is 0 Å². The van der Waals surface area contributed by atoms with E-state index in [-0.39, 0.29) is 35.2 Å². The van der Waals surface area contributed by atoms with Gasteiger partial charge in [0.05, 0.1) is 33.5 Å². The van der Waals surface area contributed by atoms with Gasteiger partial charge in [0.1, 0.15) is 23.1 Å². The number of carbonyl (C=O) groups is 3. The number of hydrogen-bond donors (Lipinski definition) is 1. The number of pyridine rings is 2. The number of nitrogens with zero attached hydrogens (tertiary/aromatic N) is 4. The van der Waals surface area contributed by atoms with Crippen LogP contribution in [0, 0.1) is 36.5 Å². The first kappa shape index (κ1) is 55.4. The molecule has 2 heterocycles. The van der Waals surface area contributed by atoms with E-state index >= 15 is 0 Å². The highest BCUT2D eigenvalue weighted by Crippen LogP contribution is 2.41. The van der Waals surface area contributed by atoms with Crippen LogP contribution in [0.25, 0.3) is 21.5 Å². The van der Waals surface area contributed by atoms with Gasteiger partial charge in [-0.3, -0.25) is 19.4 Å². The summed E-state index contributed by atoms with van der Waals surface area (Å²) in [5.74, 6) is 5.03. The predicted octanol–water partition coefficient (Wildman–Crippen LogP) is 13.9. The summed E-state index contributed by atoms with van der Waals surface area (Å²) in [6.07, 6.45) is 13.2. The predicted molar refractivity (Wildman–Crippen MR) is 298 cm³/mol. The fourth-order valence-corrected chi connectivity index (χ4v) is 11.0. The zero-order valence-corrected chi connectivity index (χ0v) is 45.9. The minimum absolute atomic E-state index is 0.00275. The van der Waals surface area contributed by atoms with Crippen LogP contribution in [0.4, 0.5) is 11.6 Å². The number of carbonyl (C=O) groups excluding carboxylic acids is 3. The van der Waals surface area contributed by atoms with Gasteiger partial charge in [0.25, 0.3) is 0 Å². The Morgan fingerprint density at radius 3 is 1.39 bits per heavy atom. The number of fused-ring (bicyclic) bond motifs is 2. The van der Waals surface area contributed by atoms with Crippen LogP contribution in [0.5, 0.6) is 11.5 Å². The highest BCUT2D eigenvalue weighted by Gasteiger charge is 2.32. The summed E-state index contributed by atoms with van der Waals surface area (Å²) in [6.45, 7) is 18.1. The molecule has 0 bridgehead atoms. The molecule has 2 saturated carbocycles. The number of ether oxygens (including phenoxy) is 3. The van der Waals surface area contributed by atoms with Gasteiger partial charge in [-0.25, -0.2) is 14.8 Å². The number of aromatic nitrogens is 2. The minimum atomic E-state index is -0.380. The van der Waals surface area contributed by atoms with Crippen molar-refractivity contribution in [2.24, 2.45) is 22.7 Å². The Morgan fingerprint density at radius 1 is 0.568 bits per heavy atom. The minimum Gasteiger partial charge on any atom is -0.496 e. The molecule has 2 aliphatic rings. The maximum Gasteiger partial charge on any atom is 0.337 e. The van der Waals surface area contributed by atoms with Gasteiger partial charge < -0.3 is 19.3 Å². The molecule has 11 heteroatoms. The van der Waals surface area contributed by atoms with E-state index in [0.717, 1.165) is 95.8 Å². The van der Waals surface area contributed by atoms with Gasteiger partial charge in [0.15, 0.2) is 0 Å². The van der Waals surface area contributed by atoms with Crippen molar-refractivity contribution in [3.8, 4) is 11.5 Å². The van der Waals surface area contributed by atoms with Gasteiger partial charge in [-0.2, -0.15) is 0 Å². The first-order valence-corrected chi connectivity index (χ1v) is 26.6. The molecule has 2 aliphatic carbocycles. The second-order valence-corrected chi connectivity index (χ2v) is 23.3. The Bertz CT molecular complexity index is 2900. The quantitative estimate of drug-likeness (QED) is 0.106. The molecule has 0 radical (unpaired) electrons. The molecule has 2 fully saturated rings. The Kier molecular flexibility index (Phi) is 18.2. The van der Waals surface area contributed by atoms with Crippen LogP contribution in [0.15, 0.2) is 97.3 Å². The molecule has 2 aromatic heterocycles. The van der Waals surface area contributed by atoms with Gasteiger partial charge in [-0.1, -0.05) is 77.9 Å². The maximum atomic E-state index is 13.7. The van der Waals surface area contributed by atoms with Crippen LogP contribution in [0.1, 0.15) is 156 Å². The SMILES string of the molecule is COC(=O)c1ccc2c(N(CC3CCC(c4ccc(OC)c(C)c4)CC3)C(=O)CC(C)(C)C)nccc2c1.COc1ccc(C2CCC(CN(C(=O)CC(C)(C)C)c3nccc4cc(CO)ccc34)CC2)cc1C. The fraction of sp³-hybridized carbons (Fsp3) is 0.476. The summed E-state index contributed by atoms with van der Waals surface area (Å²) >= 11 is 0. The normalized spacial score (nSPS) is 18.0. The number of aliphatic hydroxyl groups excluding tert-OH is 1. The Hall–Kier alpha value is -6.33. The Labute approximate surface area is 440 Å². The largest absolute Gasteiger partial charge is 0.496 e. The summed E-state index contributed by atoms with van der Waals surface area (Å²) in [4.78, 5) is 52.6. The molecule has 0 atom stereocenters. The topological polar surface area (TPSA) is 131 Å². The first-order valence-electron chi connectivity index (χ1n) is 26.6. The lowest BCUT2D eigenvalue weighted by Crippen LogP contribution is -2.39. The van der Waals surface area contributed by atoms with Crippen molar-refractivity contribution < 1.29 is 33.7 Å². The molecule has 2 amide bonds. The summed E-state index contributed by atoms with van der Waals surface area (Å²) < 4.78 is 15.8. The van der Waals surface area contributed by atoms with E-state index in [0.29, 0.717) is 61.0 Å². The molecule has 0 unspecified atom stereocenters. The van der Waals surface area contributed by atoms with E-state index in [4.69, 9.17) is 19.2 Å². The van der Waals surface area contributed by atoms with E-state index < -0.39 is 0 Å². The van der Waals surface area contributed by atoms with Crippen LogP contribution >= 0.6 is 0 Å². The third-order valence-corrected chi connectivity index (χ3v) is 15.0. The molecule has 11 nitrogen and oxygen atoms in total. The number of aryl methyl sites for hydroxylation is 2. The van der Waals surface area contributed by atoms with Crippen molar-refractivity contribution in [2.45, 2.75) is 138 Å². The molecule has 4 aromatic carbocycles. The number of hydrogen-bond acceptors (Lipinski definition) is 9. The summed E-state index contributed by atoms with van der Waals surface area (Å²) in [5.41, 5.74) is 6.22. The smallest absolute Gasteiger partial charge is 0.337 e. The van der Waals surface area contributed by atoms with Gasteiger partial charge in [-0.05, 0) is 187 Å². The lowest BCUT2D eigenvalue weighted by molar-refractivity contribution is -0.121. The third kappa shape index (κ3) is 14.1. The lowest BCUT2D eigenvalue weighted by atomic mass is 9.78. The monoisotopic (exact) mass is 1000 g/mol. The van der Waals surface area contributed by atoms with Crippen molar-refractivity contribution in [1.29, 1.82) is 0 Å². The second kappa shape index (κ2) is 24.3. The zero-order valence-electron chi connectivity index (χ0n) is 45.9. The molecule has 8 rings (SSSR count). The molecule has 394 valence electrons. The summed E-state index contributed by atoms with van der Waals surface area (Å²) in [7, 11) is 4.81. The highest BCUT2D eigenvalue weighted by molar-refractivity contribution is 6.05. The van der Waals surface area contributed by atoms with Crippen LogP contribution in [-0.2, 0) is 20.9 Å². The standard InChI is InChI=1S/C32H40N2O4.C31H40N2O3/c1-21-17-24(12-14-28(21)37-5)23-9-7-22(8-10-23)20-34(29(35)19-32(2,3)4)30-27-13-11-26(31(36)38-6)18-25(27)15-16-33-30;1-21-16-25(11-13-28(21)36-5)24-9-6-22(7-10-24)19-33(29(35)18-31(2,3)4)30-27-12-8-23(20-34)17-26(27)14-15-32-30/h11-18,22-23H,7-10,19-20H2,1-6H3;8,11-17,22,24,34H,6-7,9-10,18-20H2,1-5H3. The van der Waals surface area contributed by atoms with Crippen molar-refractivity contribution >= 4 is 51.0 Å².